The Bertz CT molecular complexity index is 2090. The molecule has 11 nitrogen and oxygen atoms in total. The maximum absolute atomic E-state index is 16.8. The topological polar surface area (TPSA) is 113 Å². The Morgan fingerprint density at radius 2 is 1.84 bits per heavy atom. The molecule has 2 aliphatic heterocycles. The number of halogens is 2. The molecule has 1 N–H and O–H groups in total. The van der Waals surface area contributed by atoms with Gasteiger partial charge in [-0.15, -0.1) is 0 Å². The average molecular weight is 683 g/mol. The van der Waals surface area contributed by atoms with E-state index in [1.807, 2.05) is 44.4 Å². The Labute approximate surface area is 286 Å². The van der Waals surface area contributed by atoms with Crippen LogP contribution in [-0.4, -0.2) is 82.9 Å². The van der Waals surface area contributed by atoms with Crippen molar-refractivity contribution in [3.05, 3.63) is 112 Å². The summed E-state index contributed by atoms with van der Waals surface area (Å²) in [5, 5.41) is 9.43. The van der Waals surface area contributed by atoms with Gasteiger partial charge in [0.25, 0.3) is 0 Å². The van der Waals surface area contributed by atoms with E-state index in [1.54, 1.807) is 35.4 Å². The Morgan fingerprint density at radius 1 is 1.04 bits per heavy atom. The van der Waals surface area contributed by atoms with Gasteiger partial charge in [-0.3, -0.25) is 4.79 Å². The van der Waals surface area contributed by atoms with Gasteiger partial charge in [0.2, 0.25) is 11.3 Å². The molecule has 0 unspecified atom stereocenters. The number of aromatic carboxylic acids is 1. The molecule has 0 aliphatic carbocycles. The van der Waals surface area contributed by atoms with E-state index in [0.29, 0.717) is 55.2 Å². The zero-order valence-corrected chi connectivity index (χ0v) is 27.6. The van der Waals surface area contributed by atoms with Crippen molar-refractivity contribution in [2.75, 3.05) is 50.1 Å². The molecule has 50 heavy (non-hydrogen) atoms. The van der Waals surface area contributed by atoms with E-state index in [1.165, 1.54) is 10.8 Å². The smallest absolute Gasteiger partial charge is 0.341 e. The van der Waals surface area contributed by atoms with Crippen LogP contribution in [0.5, 0.6) is 11.6 Å². The number of benzene rings is 2. The summed E-state index contributed by atoms with van der Waals surface area (Å²) in [7, 11) is 4.03. The van der Waals surface area contributed by atoms with Crippen LogP contribution in [0.4, 0.5) is 20.3 Å². The van der Waals surface area contributed by atoms with Gasteiger partial charge < -0.3 is 33.8 Å². The van der Waals surface area contributed by atoms with E-state index < -0.39 is 34.6 Å². The minimum Gasteiger partial charge on any atom is -0.489 e. The van der Waals surface area contributed by atoms with Crippen molar-refractivity contribution in [1.29, 1.82) is 0 Å². The van der Waals surface area contributed by atoms with Crippen molar-refractivity contribution in [3.63, 3.8) is 0 Å². The van der Waals surface area contributed by atoms with E-state index in [4.69, 9.17) is 9.47 Å². The molecule has 0 spiro atoms. The van der Waals surface area contributed by atoms with Gasteiger partial charge in [-0.1, -0.05) is 30.3 Å². The van der Waals surface area contributed by atoms with Crippen LogP contribution < -0.4 is 24.7 Å². The number of carboxylic acid groups (broad SMARTS) is 1. The van der Waals surface area contributed by atoms with Gasteiger partial charge in [0.15, 0.2) is 5.82 Å². The molecular formula is C37H36F2N6O5. The van der Waals surface area contributed by atoms with Crippen molar-refractivity contribution < 1.29 is 28.2 Å². The maximum atomic E-state index is 16.8. The van der Waals surface area contributed by atoms with E-state index in [0.717, 1.165) is 30.9 Å². The normalized spacial score (nSPS) is 16.2. The number of pyridine rings is 3. The van der Waals surface area contributed by atoms with Gasteiger partial charge in [0, 0.05) is 44.1 Å². The summed E-state index contributed by atoms with van der Waals surface area (Å²) < 4.78 is 45.8. The molecule has 7 rings (SSSR count). The van der Waals surface area contributed by atoms with Gasteiger partial charge >= 0.3 is 5.97 Å². The quantitative estimate of drug-likeness (QED) is 0.201. The lowest BCUT2D eigenvalue weighted by molar-refractivity contribution is 0.0695. The minimum atomic E-state index is -1.50. The third kappa shape index (κ3) is 6.43. The first-order chi connectivity index (χ1) is 24.2. The number of hydrogen-bond acceptors (Lipinski definition) is 9. The molecule has 5 heterocycles. The van der Waals surface area contributed by atoms with Crippen LogP contribution in [-0.2, 0) is 6.61 Å². The van der Waals surface area contributed by atoms with E-state index in [-0.39, 0.29) is 23.2 Å². The van der Waals surface area contributed by atoms with E-state index >= 15 is 8.78 Å². The van der Waals surface area contributed by atoms with Crippen molar-refractivity contribution in [3.8, 4) is 17.3 Å². The lowest BCUT2D eigenvalue weighted by Gasteiger charge is -2.43. The van der Waals surface area contributed by atoms with Crippen LogP contribution in [0, 0.1) is 11.6 Å². The zero-order chi connectivity index (χ0) is 34.9. The summed E-state index contributed by atoms with van der Waals surface area (Å²) in [6.07, 6.45) is 5.39. The molecule has 5 aromatic rings. The third-order valence-electron chi connectivity index (χ3n) is 9.36. The lowest BCUT2D eigenvalue weighted by atomic mass is 10.1. The monoisotopic (exact) mass is 682 g/mol. The summed E-state index contributed by atoms with van der Waals surface area (Å²) in [5.41, 5.74) is -0.805. The largest absolute Gasteiger partial charge is 0.489 e. The molecule has 2 aliphatic rings. The standard InChI is InChI=1S/C37H36F2N6O5/c1-42(2)26-18-43(19-26)31-11-10-24(17-41-31)45-20-29(37(47)48)36(46)28-16-30(38)35(33(39)34(28)45)44-14-6-9-25(44)22-50-32-15-27(12-13-40-32)49-21-23-7-4-3-5-8-23/h3-5,7-8,10-13,15-17,20,25-26H,6,9,14,18-19,21-22H2,1-2H3,(H,47,48)/t25-/m1/s1. The summed E-state index contributed by atoms with van der Waals surface area (Å²) in [5.74, 6) is -1.86. The second kappa shape index (κ2) is 13.7. The molecule has 2 fully saturated rings. The van der Waals surface area contributed by atoms with E-state index in [9.17, 15) is 14.7 Å². The second-order valence-electron chi connectivity index (χ2n) is 12.8. The van der Waals surface area contributed by atoms with Gasteiger partial charge in [-0.05, 0) is 56.8 Å². The predicted octanol–water partition coefficient (Wildman–Crippen LogP) is 5.13. The third-order valence-corrected chi connectivity index (χ3v) is 9.36. The second-order valence-corrected chi connectivity index (χ2v) is 12.8. The van der Waals surface area contributed by atoms with Crippen LogP contribution in [0.2, 0.25) is 0 Å². The molecule has 0 saturated carbocycles. The molecule has 0 amide bonds. The molecule has 2 saturated heterocycles. The number of aromatic nitrogens is 3. The number of ether oxygens (including phenoxy) is 2. The molecular weight excluding hydrogens is 646 g/mol. The number of carboxylic acids is 1. The fourth-order valence-electron chi connectivity index (χ4n) is 6.49. The summed E-state index contributed by atoms with van der Waals surface area (Å²) in [6, 6.07) is 17.5. The van der Waals surface area contributed by atoms with E-state index in [2.05, 4.69) is 19.8 Å². The number of carbonyl (C=O) groups is 1. The molecule has 1 atom stereocenters. The zero-order valence-electron chi connectivity index (χ0n) is 27.6. The maximum Gasteiger partial charge on any atom is 0.341 e. The van der Waals surface area contributed by atoms with Crippen LogP contribution in [0.15, 0.2) is 84.0 Å². The Kier molecular flexibility index (Phi) is 9.06. The van der Waals surface area contributed by atoms with Crippen LogP contribution >= 0.6 is 0 Å². The predicted molar refractivity (Wildman–Crippen MR) is 185 cm³/mol. The number of fused-ring (bicyclic) bond motifs is 1. The van der Waals surface area contributed by atoms with Crippen molar-refractivity contribution >= 4 is 28.4 Å². The number of nitrogens with zero attached hydrogens (tertiary/aromatic N) is 6. The fourth-order valence-corrected chi connectivity index (χ4v) is 6.49. The number of rotatable bonds is 11. The minimum absolute atomic E-state index is 0.0906. The van der Waals surface area contributed by atoms with Crippen molar-refractivity contribution in [1.82, 2.24) is 19.4 Å². The van der Waals surface area contributed by atoms with Crippen LogP contribution in [0.25, 0.3) is 16.6 Å². The highest BCUT2D eigenvalue weighted by atomic mass is 19.1. The Morgan fingerprint density at radius 3 is 2.56 bits per heavy atom. The highest BCUT2D eigenvalue weighted by Crippen LogP contribution is 2.36. The number of hydrogen-bond donors (Lipinski definition) is 1. The van der Waals surface area contributed by atoms with Crippen molar-refractivity contribution in [2.45, 2.75) is 31.5 Å². The van der Waals surface area contributed by atoms with Gasteiger partial charge in [0.05, 0.1) is 28.8 Å². The molecule has 3 aromatic heterocycles. The molecule has 0 radical (unpaired) electrons. The molecule has 0 bridgehead atoms. The Hall–Kier alpha value is -5.56. The summed E-state index contributed by atoms with van der Waals surface area (Å²) in [6.45, 7) is 2.40. The first kappa shape index (κ1) is 33.0. The van der Waals surface area contributed by atoms with Crippen molar-refractivity contribution in [2.24, 2.45) is 0 Å². The summed E-state index contributed by atoms with van der Waals surface area (Å²) in [4.78, 5) is 40.0. The molecule has 13 heteroatoms. The van der Waals surface area contributed by atoms with Gasteiger partial charge in [-0.2, -0.15) is 0 Å². The van der Waals surface area contributed by atoms with Gasteiger partial charge in [-0.25, -0.2) is 23.5 Å². The first-order valence-corrected chi connectivity index (χ1v) is 16.4. The Balaban J connectivity index is 1.17. The number of anilines is 2. The van der Waals surface area contributed by atoms with Crippen LogP contribution in [0.3, 0.4) is 0 Å². The first-order valence-electron chi connectivity index (χ1n) is 16.4. The molecule has 258 valence electrons. The fraction of sp³-hybridized carbons (Fsp3) is 0.297. The molecule has 2 aromatic carbocycles. The average Bonchev–Trinajstić information content (AvgIpc) is 3.55. The van der Waals surface area contributed by atoms with Gasteiger partial charge in [0.1, 0.15) is 41.8 Å². The van der Waals surface area contributed by atoms with Crippen LogP contribution in [0.1, 0.15) is 28.8 Å². The lowest BCUT2D eigenvalue weighted by Crippen LogP contribution is -2.57. The highest BCUT2D eigenvalue weighted by Gasteiger charge is 2.33. The highest BCUT2D eigenvalue weighted by molar-refractivity contribution is 5.94. The summed E-state index contributed by atoms with van der Waals surface area (Å²) >= 11 is 0. The SMILES string of the molecule is CN(C)C1CN(c2ccc(-n3cc(C(=O)O)c(=O)c4cc(F)c(N5CCC[C@@H]5COc5cc(OCc6ccccc6)ccn5)c(F)c43)cn2)C1. The number of likely N-dealkylation sites (N-methyl/N-ethyl adjacent to an activating group) is 1.